The smallest absolute Gasteiger partial charge is 0.407 e. The number of allylic oxidation sites excluding steroid dienone is 1. The first-order chi connectivity index (χ1) is 24.6. The lowest BCUT2D eigenvalue weighted by atomic mass is 10.0. The molecule has 0 saturated heterocycles. The summed E-state index contributed by atoms with van der Waals surface area (Å²) in [6.07, 6.45) is 40.4. The highest BCUT2D eigenvalue weighted by atomic mass is 16.5. The molecule has 288 valence electrons. The van der Waals surface area contributed by atoms with Gasteiger partial charge in [-0.1, -0.05) is 180 Å². The van der Waals surface area contributed by atoms with E-state index in [1.54, 1.807) is 18.5 Å². The van der Waals surface area contributed by atoms with E-state index < -0.39 is 18.2 Å². The number of hydrogen-bond donors (Lipinski definition) is 3. The summed E-state index contributed by atoms with van der Waals surface area (Å²) in [7, 11) is 0. The first-order valence-corrected chi connectivity index (χ1v) is 21.0. The molecule has 2 atom stereocenters. The number of alkyl carbamates (subject to hydrolysis) is 1. The molecule has 7 heteroatoms. The molecule has 0 spiro atoms. The standard InChI is InChI=1S/C43H77N3O4/c1-3-5-7-9-11-13-15-17-18-20-22-24-26-28-30-32-42(48)46-40(38-50-43(49)45-37-39-33-35-44-36-34-39)41(47)31-29-27-25-23-21-19-16-14-12-10-8-6-4-2/h29,31,33-36,40-41,47H,3-28,30,32,37-38H2,1-2H3,(H,45,49)(H,46,48)/b31-29+/t40-,41+/m0/s1. The molecule has 0 radical (unpaired) electrons. The van der Waals surface area contributed by atoms with Gasteiger partial charge in [0.1, 0.15) is 6.61 Å². The molecule has 0 aliphatic heterocycles. The van der Waals surface area contributed by atoms with Gasteiger partial charge in [0.15, 0.2) is 0 Å². The average molecular weight is 700 g/mol. The normalized spacial score (nSPS) is 12.6. The highest BCUT2D eigenvalue weighted by Gasteiger charge is 2.21. The van der Waals surface area contributed by atoms with Gasteiger partial charge in [0, 0.05) is 25.4 Å². The van der Waals surface area contributed by atoms with Crippen molar-refractivity contribution in [3.63, 3.8) is 0 Å². The number of pyridine rings is 1. The van der Waals surface area contributed by atoms with E-state index in [1.165, 1.54) is 141 Å². The number of carbonyl (C=O) groups is 2. The fraction of sp³-hybridized carbons (Fsp3) is 0.791. The Labute approximate surface area is 307 Å². The van der Waals surface area contributed by atoms with Gasteiger partial charge >= 0.3 is 6.09 Å². The number of ether oxygens (including phenoxy) is 1. The number of aromatic nitrogens is 1. The van der Waals surface area contributed by atoms with E-state index in [9.17, 15) is 14.7 Å². The maximum absolute atomic E-state index is 12.8. The van der Waals surface area contributed by atoms with E-state index in [2.05, 4.69) is 29.5 Å². The van der Waals surface area contributed by atoms with E-state index in [0.717, 1.165) is 37.7 Å². The topological polar surface area (TPSA) is 101 Å². The van der Waals surface area contributed by atoms with Gasteiger partial charge < -0.3 is 20.5 Å². The zero-order valence-corrected chi connectivity index (χ0v) is 32.5. The van der Waals surface area contributed by atoms with E-state index in [1.807, 2.05) is 18.2 Å². The summed E-state index contributed by atoms with van der Waals surface area (Å²) in [6, 6.07) is 2.95. The van der Waals surface area contributed by atoms with Gasteiger partial charge in [-0.3, -0.25) is 9.78 Å². The highest BCUT2D eigenvalue weighted by Crippen LogP contribution is 2.15. The summed E-state index contributed by atoms with van der Waals surface area (Å²) in [4.78, 5) is 29.2. The predicted molar refractivity (Wildman–Crippen MR) is 210 cm³/mol. The van der Waals surface area contributed by atoms with Gasteiger partial charge in [0.05, 0.1) is 12.1 Å². The fourth-order valence-corrected chi connectivity index (χ4v) is 6.35. The van der Waals surface area contributed by atoms with E-state index in [0.29, 0.717) is 13.0 Å². The van der Waals surface area contributed by atoms with Crippen LogP contribution in [0, 0.1) is 0 Å². The van der Waals surface area contributed by atoms with Crippen LogP contribution in [0.25, 0.3) is 0 Å². The molecule has 0 aliphatic rings. The third-order valence-electron chi connectivity index (χ3n) is 9.65. The van der Waals surface area contributed by atoms with E-state index in [-0.39, 0.29) is 12.5 Å². The Bertz CT molecular complexity index is 926. The quantitative estimate of drug-likeness (QED) is 0.0483. The monoisotopic (exact) mass is 700 g/mol. The third-order valence-corrected chi connectivity index (χ3v) is 9.65. The molecule has 0 saturated carbocycles. The van der Waals surface area contributed by atoms with Crippen LogP contribution in [0.3, 0.4) is 0 Å². The molecule has 1 aromatic rings. The third kappa shape index (κ3) is 29.3. The lowest BCUT2D eigenvalue weighted by Crippen LogP contribution is -2.46. The number of aliphatic hydroxyl groups excluding tert-OH is 1. The van der Waals surface area contributed by atoms with Gasteiger partial charge in [-0.15, -0.1) is 0 Å². The number of amides is 2. The Morgan fingerprint density at radius 2 is 1.12 bits per heavy atom. The minimum absolute atomic E-state index is 0.100. The Kier molecular flexibility index (Phi) is 31.9. The summed E-state index contributed by atoms with van der Waals surface area (Å²) in [5.41, 5.74) is 0.913. The van der Waals surface area contributed by atoms with Gasteiger partial charge in [-0.05, 0) is 37.0 Å². The molecular formula is C43H77N3O4. The van der Waals surface area contributed by atoms with Gasteiger partial charge in [0.2, 0.25) is 5.91 Å². The Balaban J connectivity index is 2.30. The van der Waals surface area contributed by atoms with Crippen molar-refractivity contribution >= 4 is 12.0 Å². The number of unbranched alkanes of at least 4 members (excludes halogenated alkanes) is 25. The molecule has 0 unspecified atom stereocenters. The Morgan fingerprint density at radius 1 is 0.680 bits per heavy atom. The summed E-state index contributed by atoms with van der Waals surface area (Å²) in [6.45, 7) is 4.75. The molecular weight excluding hydrogens is 622 g/mol. The Hall–Kier alpha value is -2.41. The lowest BCUT2D eigenvalue weighted by Gasteiger charge is -2.22. The van der Waals surface area contributed by atoms with Crippen molar-refractivity contribution in [2.24, 2.45) is 0 Å². The summed E-state index contributed by atoms with van der Waals surface area (Å²) in [5, 5.41) is 16.6. The zero-order valence-electron chi connectivity index (χ0n) is 32.5. The molecule has 1 rings (SSSR count). The molecule has 0 aromatic carbocycles. The molecule has 0 bridgehead atoms. The zero-order chi connectivity index (χ0) is 36.2. The maximum Gasteiger partial charge on any atom is 0.407 e. The SMILES string of the molecule is CCCCCCCCCCCCC/C=C/[C@@H](O)[C@H](COC(=O)NCc1ccncc1)NC(=O)CCCCCCCCCCCCCCCCC. The van der Waals surface area contributed by atoms with E-state index in [4.69, 9.17) is 4.74 Å². The predicted octanol–water partition coefficient (Wildman–Crippen LogP) is 11.7. The molecule has 7 nitrogen and oxygen atoms in total. The maximum atomic E-state index is 12.8. The average Bonchev–Trinajstić information content (AvgIpc) is 3.13. The van der Waals surface area contributed by atoms with Crippen LogP contribution >= 0.6 is 0 Å². The van der Waals surface area contributed by atoms with Gasteiger partial charge in [-0.2, -0.15) is 0 Å². The van der Waals surface area contributed by atoms with Crippen molar-refractivity contribution < 1.29 is 19.4 Å². The number of nitrogens with zero attached hydrogens (tertiary/aromatic N) is 1. The molecule has 1 aromatic heterocycles. The van der Waals surface area contributed by atoms with Crippen LogP contribution in [0.1, 0.15) is 199 Å². The van der Waals surface area contributed by atoms with Crippen LogP contribution in [0.5, 0.6) is 0 Å². The van der Waals surface area contributed by atoms with Crippen LogP contribution in [-0.4, -0.2) is 40.8 Å². The minimum atomic E-state index is -0.930. The molecule has 3 N–H and O–H groups in total. The first kappa shape index (κ1) is 45.6. The summed E-state index contributed by atoms with van der Waals surface area (Å²) in [5.74, 6) is -0.108. The van der Waals surface area contributed by atoms with Crippen molar-refractivity contribution in [3.05, 3.63) is 42.2 Å². The second-order valence-electron chi connectivity index (χ2n) is 14.4. The molecule has 50 heavy (non-hydrogen) atoms. The van der Waals surface area contributed by atoms with Crippen molar-refractivity contribution in [1.82, 2.24) is 15.6 Å². The fourth-order valence-electron chi connectivity index (χ4n) is 6.35. The van der Waals surface area contributed by atoms with Crippen molar-refractivity contribution in [3.8, 4) is 0 Å². The lowest BCUT2D eigenvalue weighted by molar-refractivity contribution is -0.123. The van der Waals surface area contributed by atoms with Crippen LogP contribution in [0.15, 0.2) is 36.7 Å². The van der Waals surface area contributed by atoms with E-state index >= 15 is 0 Å². The largest absolute Gasteiger partial charge is 0.447 e. The van der Waals surface area contributed by atoms with Crippen LogP contribution in [0.4, 0.5) is 4.79 Å². The second-order valence-corrected chi connectivity index (χ2v) is 14.4. The molecule has 0 fully saturated rings. The number of carbonyl (C=O) groups excluding carboxylic acids is 2. The van der Waals surface area contributed by atoms with Crippen molar-refractivity contribution in [2.75, 3.05) is 6.61 Å². The summed E-state index contributed by atoms with van der Waals surface area (Å²) >= 11 is 0. The van der Waals surface area contributed by atoms with Gasteiger partial charge in [-0.25, -0.2) is 4.79 Å². The van der Waals surface area contributed by atoms with Crippen LogP contribution in [-0.2, 0) is 16.1 Å². The number of aliphatic hydroxyl groups is 1. The minimum Gasteiger partial charge on any atom is -0.447 e. The number of hydrogen-bond acceptors (Lipinski definition) is 5. The van der Waals surface area contributed by atoms with Crippen LogP contribution < -0.4 is 10.6 Å². The molecule has 0 aliphatic carbocycles. The van der Waals surface area contributed by atoms with Crippen molar-refractivity contribution in [1.29, 1.82) is 0 Å². The van der Waals surface area contributed by atoms with Crippen molar-refractivity contribution in [2.45, 2.75) is 212 Å². The molecule has 2 amide bonds. The Morgan fingerprint density at radius 3 is 1.60 bits per heavy atom. The number of nitrogens with one attached hydrogen (secondary N) is 2. The summed E-state index contributed by atoms with van der Waals surface area (Å²) < 4.78 is 5.42. The molecule has 1 heterocycles. The second kappa shape index (κ2) is 35.0. The number of rotatable bonds is 35. The van der Waals surface area contributed by atoms with Crippen LogP contribution in [0.2, 0.25) is 0 Å². The first-order valence-electron chi connectivity index (χ1n) is 21.0. The van der Waals surface area contributed by atoms with Gasteiger partial charge in [0.25, 0.3) is 0 Å². The highest BCUT2D eigenvalue weighted by molar-refractivity contribution is 5.76.